The van der Waals surface area contributed by atoms with Gasteiger partial charge in [-0.15, -0.1) is 0 Å². The van der Waals surface area contributed by atoms with Crippen LogP contribution in [0.4, 0.5) is 0 Å². The van der Waals surface area contributed by atoms with Crippen LogP contribution in [-0.4, -0.2) is 22.0 Å². The van der Waals surface area contributed by atoms with Crippen molar-refractivity contribution in [2.75, 3.05) is 7.11 Å². The lowest BCUT2D eigenvalue weighted by Gasteiger charge is -2.03. The summed E-state index contributed by atoms with van der Waals surface area (Å²) in [5.74, 6) is 1.34. The lowest BCUT2D eigenvalue weighted by atomic mass is 10.2. The van der Waals surface area contributed by atoms with Gasteiger partial charge in [0.25, 0.3) is 0 Å². The Morgan fingerprint density at radius 2 is 1.81 bits per heavy atom. The number of ether oxygens (including phenoxy) is 1. The minimum Gasteiger partial charge on any atom is -0.497 e. The molecule has 1 N–H and O–H groups in total. The molecule has 0 aliphatic carbocycles. The van der Waals surface area contributed by atoms with E-state index < -0.39 is 0 Å². The van der Waals surface area contributed by atoms with Gasteiger partial charge in [-0.1, -0.05) is 0 Å². The van der Waals surface area contributed by atoms with Gasteiger partial charge in [0, 0.05) is 5.56 Å². The van der Waals surface area contributed by atoms with Crippen LogP contribution in [0.5, 0.6) is 5.75 Å². The molecule has 0 aliphatic heterocycles. The summed E-state index contributed by atoms with van der Waals surface area (Å²) in [4.78, 5) is 4.31. The first-order valence-electron chi connectivity index (χ1n) is 5.03. The number of rotatable bonds is 2. The van der Waals surface area contributed by atoms with E-state index in [2.05, 4.69) is 4.98 Å². The van der Waals surface area contributed by atoms with Crippen molar-refractivity contribution >= 4 is 0 Å². The Labute approximate surface area is 94.1 Å². The summed E-state index contributed by atoms with van der Waals surface area (Å²) in [5.41, 5.74) is 2.44. The van der Waals surface area contributed by atoms with Crippen LogP contribution < -0.4 is 4.74 Å². The molecule has 0 bridgehead atoms. The first kappa shape index (κ1) is 10.5. The third kappa shape index (κ3) is 1.62. The average Bonchev–Trinajstić information content (AvgIpc) is 2.57. The van der Waals surface area contributed by atoms with Crippen LogP contribution >= 0.6 is 0 Å². The van der Waals surface area contributed by atoms with Crippen LogP contribution in [-0.2, 0) is 0 Å². The molecule has 0 aliphatic rings. The van der Waals surface area contributed by atoms with E-state index in [0.29, 0.717) is 5.82 Å². The van der Waals surface area contributed by atoms with Gasteiger partial charge < -0.3 is 9.94 Å². The Kier molecular flexibility index (Phi) is 2.56. The third-order valence-corrected chi connectivity index (χ3v) is 2.66. The van der Waals surface area contributed by atoms with Gasteiger partial charge in [0.1, 0.15) is 5.75 Å². The molecule has 16 heavy (non-hydrogen) atoms. The lowest BCUT2D eigenvalue weighted by Crippen LogP contribution is -1.96. The molecule has 2 aromatic rings. The van der Waals surface area contributed by atoms with Crippen LogP contribution in [0.25, 0.3) is 11.4 Å². The Hall–Kier alpha value is -1.97. The van der Waals surface area contributed by atoms with E-state index >= 15 is 0 Å². The number of methoxy groups -OCH3 is 1. The summed E-state index contributed by atoms with van der Waals surface area (Å²) >= 11 is 0. The van der Waals surface area contributed by atoms with Crippen molar-refractivity contribution in [1.29, 1.82) is 0 Å². The summed E-state index contributed by atoms with van der Waals surface area (Å²) in [6, 6.07) is 7.42. The van der Waals surface area contributed by atoms with Crippen molar-refractivity contribution in [3.8, 4) is 17.1 Å². The van der Waals surface area contributed by atoms with Gasteiger partial charge in [-0.25, -0.2) is 4.98 Å². The van der Waals surface area contributed by atoms with Gasteiger partial charge in [0.05, 0.1) is 18.5 Å². The van der Waals surface area contributed by atoms with E-state index in [4.69, 9.17) is 4.74 Å². The minimum absolute atomic E-state index is 0.553. The highest BCUT2D eigenvalue weighted by atomic mass is 16.5. The smallest absolute Gasteiger partial charge is 0.175 e. The summed E-state index contributed by atoms with van der Waals surface area (Å²) in [5, 5.41) is 9.82. The summed E-state index contributed by atoms with van der Waals surface area (Å²) < 4.78 is 6.18. The minimum atomic E-state index is 0.553. The molecule has 0 saturated carbocycles. The molecule has 0 amide bonds. The zero-order valence-electron chi connectivity index (χ0n) is 9.56. The SMILES string of the molecule is COc1ccc(-c2nc(C)c(C)n2O)cc1. The number of benzene rings is 1. The standard InChI is InChI=1S/C12H14N2O2/c1-8-9(2)14(15)12(13-8)10-4-6-11(16-3)7-5-10/h4-7,15H,1-3H3. The third-order valence-electron chi connectivity index (χ3n) is 2.66. The van der Waals surface area contributed by atoms with E-state index in [-0.39, 0.29) is 0 Å². The van der Waals surface area contributed by atoms with Crippen molar-refractivity contribution in [1.82, 2.24) is 9.71 Å². The topological polar surface area (TPSA) is 47.3 Å². The number of aromatic nitrogens is 2. The molecule has 84 valence electrons. The first-order chi connectivity index (χ1) is 7.63. The van der Waals surface area contributed by atoms with Gasteiger partial charge in [-0.05, 0) is 38.1 Å². The maximum absolute atomic E-state index is 9.82. The Morgan fingerprint density at radius 3 is 2.25 bits per heavy atom. The fourth-order valence-corrected chi connectivity index (χ4v) is 1.53. The Morgan fingerprint density at radius 1 is 1.19 bits per heavy atom. The molecule has 0 unspecified atom stereocenters. The molecule has 0 atom stereocenters. The molecule has 4 nitrogen and oxygen atoms in total. The Bertz CT molecular complexity index is 500. The second-order valence-electron chi connectivity index (χ2n) is 3.65. The maximum Gasteiger partial charge on any atom is 0.175 e. The summed E-state index contributed by atoms with van der Waals surface area (Å²) in [7, 11) is 1.62. The van der Waals surface area contributed by atoms with Gasteiger partial charge in [-0.3, -0.25) is 0 Å². The molecule has 1 aromatic carbocycles. The Balaban J connectivity index is 2.46. The van der Waals surface area contributed by atoms with E-state index in [1.807, 2.05) is 38.1 Å². The zero-order valence-corrected chi connectivity index (χ0v) is 9.56. The van der Waals surface area contributed by atoms with Crippen LogP contribution in [0.1, 0.15) is 11.4 Å². The van der Waals surface area contributed by atoms with Crippen LogP contribution in [0.3, 0.4) is 0 Å². The molecule has 2 rings (SSSR count). The second kappa shape index (κ2) is 3.89. The van der Waals surface area contributed by atoms with Crippen molar-refractivity contribution in [3.63, 3.8) is 0 Å². The van der Waals surface area contributed by atoms with Crippen molar-refractivity contribution in [2.24, 2.45) is 0 Å². The largest absolute Gasteiger partial charge is 0.497 e. The molecule has 0 saturated heterocycles. The molecular formula is C12H14N2O2. The number of aryl methyl sites for hydroxylation is 1. The van der Waals surface area contributed by atoms with Crippen molar-refractivity contribution < 1.29 is 9.94 Å². The first-order valence-corrected chi connectivity index (χ1v) is 5.03. The monoisotopic (exact) mass is 218 g/mol. The quantitative estimate of drug-likeness (QED) is 0.787. The molecule has 0 spiro atoms. The fourth-order valence-electron chi connectivity index (χ4n) is 1.53. The van der Waals surface area contributed by atoms with E-state index in [0.717, 1.165) is 27.4 Å². The average molecular weight is 218 g/mol. The maximum atomic E-state index is 9.82. The lowest BCUT2D eigenvalue weighted by molar-refractivity contribution is 0.184. The molecular weight excluding hydrogens is 204 g/mol. The van der Waals surface area contributed by atoms with Crippen LogP contribution in [0.15, 0.2) is 24.3 Å². The van der Waals surface area contributed by atoms with E-state index in [9.17, 15) is 5.21 Å². The number of hydrogen-bond acceptors (Lipinski definition) is 3. The van der Waals surface area contributed by atoms with Crippen LogP contribution in [0.2, 0.25) is 0 Å². The number of nitrogens with zero attached hydrogens (tertiary/aromatic N) is 2. The van der Waals surface area contributed by atoms with Gasteiger partial charge in [-0.2, -0.15) is 4.73 Å². The summed E-state index contributed by atoms with van der Waals surface area (Å²) in [6.45, 7) is 3.70. The molecule has 1 heterocycles. The highest BCUT2D eigenvalue weighted by molar-refractivity contribution is 5.57. The molecule has 0 radical (unpaired) electrons. The molecule has 1 aromatic heterocycles. The highest BCUT2D eigenvalue weighted by Crippen LogP contribution is 2.22. The zero-order chi connectivity index (χ0) is 11.7. The number of imidazole rings is 1. The highest BCUT2D eigenvalue weighted by Gasteiger charge is 2.11. The summed E-state index contributed by atoms with van der Waals surface area (Å²) in [6.07, 6.45) is 0. The van der Waals surface area contributed by atoms with Crippen molar-refractivity contribution in [2.45, 2.75) is 13.8 Å². The predicted molar refractivity (Wildman–Crippen MR) is 60.9 cm³/mol. The predicted octanol–water partition coefficient (Wildman–Crippen LogP) is 2.41. The fraction of sp³-hybridized carbons (Fsp3) is 0.250. The normalized spacial score (nSPS) is 10.4. The van der Waals surface area contributed by atoms with Crippen molar-refractivity contribution in [3.05, 3.63) is 35.7 Å². The van der Waals surface area contributed by atoms with Gasteiger partial charge in [0.15, 0.2) is 5.82 Å². The molecule has 0 fully saturated rings. The van der Waals surface area contributed by atoms with Crippen LogP contribution in [0, 0.1) is 13.8 Å². The van der Waals surface area contributed by atoms with Gasteiger partial charge >= 0.3 is 0 Å². The van der Waals surface area contributed by atoms with Gasteiger partial charge in [0.2, 0.25) is 0 Å². The second-order valence-corrected chi connectivity index (χ2v) is 3.65. The number of hydrogen-bond donors (Lipinski definition) is 1. The molecule has 4 heteroatoms. The van der Waals surface area contributed by atoms with E-state index in [1.54, 1.807) is 7.11 Å². The van der Waals surface area contributed by atoms with E-state index in [1.165, 1.54) is 0 Å².